The Kier molecular flexibility index (Phi) is 7.25. The lowest BCUT2D eigenvalue weighted by atomic mass is 9.95. The van der Waals surface area contributed by atoms with E-state index >= 15 is 0 Å². The van der Waals surface area contributed by atoms with Crippen molar-refractivity contribution < 1.29 is 9.59 Å². The van der Waals surface area contributed by atoms with E-state index < -0.39 is 5.54 Å². The van der Waals surface area contributed by atoms with E-state index in [1.165, 1.54) is 0 Å². The lowest BCUT2D eigenvalue weighted by molar-refractivity contribution is -0.128. The van der Waals surface area contributed by atoms with Crippen molar-refractivity contribution in [2.75, 3.05) is 19.6 Å². The van der Waals surface area contributed by atoms with Crippen molar-refractivity contribution in [1.29, 1.82) is 0 Å². The summed E-state index contributed by atoms with van der Waals surface area (Å²) in [7, 11) is 0. The van der Waals surface area contributed by atoms with Crippen LogP contribution >= 0.6 is 12.4 Å². The topological polar surface area (TPSA) is 82.3 Å². The minimum absolute atomic E-state index is 0. The smallest absolute Gasteiger partial charge is 0.315 e. The number of hydrogen-bond acceptors (Lipinski definition) is 3. The van der Waals surface area contributed by atoms with E-state index in [9.17, 15) is 9.59 Å². The number of nitrogens with one attached hydrogen (secondary N) is 4. The van der Waals surface area contributed by atoms with Gasteiger partial charge in [0.1, 0.15) is 5.54 Å². The van der Waals surface area contributed by atoms with Gasteiger partial charge in [-0.1, -0.05) is 12.8 Å². The molecule has 1 unspecified atom stereocenters. The molecule has 1 atom stereocenters. The van der Waals surface area contributed by atoms with E-state index in [1.807, 2.05) is 6.92 Å². The molecule has 6 nitrogen and oxygen atoms in total. The van der Waals surface area contributed by atoms with Crippen LogP contribution in [0.4, 0.5) is 4.79 Å². The highest BCUT2D eigenvalue weighted by atomic mass is 35.5. The van der Waals surface area contributed by atoms with Gasteiger partial charge in [0.15, 0.2) is 0 Å². The average molecular weight is 319 g/mol. The van der Waals surface area contributed by atoms with Crippen LogP contribution in [0.15, 0.2) is 0 Å². The van der Waals surface area contributed by atoms with Gasteiger partial charge >= 0.3 is 6.03 Å². The van der Waals surface area contributed by atoms with Gasteiger partial charge < -0.3 is 21.3 Å². The van der Waals surface area contributed by atoms with Crippen molar-refractivity contribution in [3.05, 3.63) is 0 Å². The fourth-order valence-corrected chi connectivity index (χ4v) is 3.11. The predicted octanol–water partition coefficient (Wildman–Crippen LogP) is 0.908. The quantitative estimate of drug-likeness (QED) is 0.622. The summed E-state index contributed by atoms with van der Waals surface area (Å²) in [6, 6.07) is -0.0592. The van der Waals surface area contributed by atoms with E-state index in [0.29, 0.717) is 6.54 Å². The zero-order chi connectivity index (χ0) is 14.4. The number of hydrogen-bond donors (Lipinski definition) is 4. The van der Waals surface area contributed by atoms with Crippen molar-refractivity contribution in [3.63, 3.8) is 0 Å². The van der Waals surface area contributed by atoms with Crippen molar-refractivity contribution in [3.8, 4) is 0 Å². The van der Waals surface area contributed by atoms with Crippen LogP contribution in [-0.4, -0.2) is 43.2 Å². The molecule has 3 amide bonds. The van der Waals surface area contributed by atoms with Crippen molar-refractivity contribution in [1.82, 2.24) is 21.3 Å². The van der Waals surface area contributed by atoms with Crippen LogP contribution < -0.4 is 21.3 Å². The van der Waals surface area contributed by atoms with Gasteiger partial charge in [-0.3, -0.25) is 4.79 Å². The molecule has 0 aromatic carbocycles. The third-order valence-corrected chi connectivity index (χ3v) is 4.21. The second-order valence-electron chi connectivity index (χ2n) is 5.79. The maximum atomic E-state index is 12.6. The number of carbonyl (C=O) groups is 2. The summed E-state index contributed by atoms with van der Waals surface area (Å²) in [5.74, 6) is -0.0186. The van der Waals surface area contributed by atoms with Crippen LogP contribution in [0.25, 0.3) is 0 Å². The summed E-state index contributed by atoms with van der Waals surface area (Å²) < 4.78 is 0. The molecule has 21 heavy (non-hydrogen) atoms. The second kappa shape index (κ2) is 8.44. The molecule has 1 aliphatic heterocycles. The van der Waals surface area contributed by atoms with Gasteiger partial charge in [-0.05, 0) is 39.2 Å². The molecule has 0 aromatic heterocycles. The Labute approximate surface area is 132 Å². The molecule has 2 aliphatic rings. The molecule has 1 aliphatic carbocycles. The van der Waals surface area contributed by atoms with Gasteiger partial charge in [0, 0.05) is 19.1 Å². The van der Waals surface area contributed by atoms with E-state index in [2.05, 4.69) is 21.3 Å². The van der Waals surface area contributed by atoms with Crippen molar-refractivity contribution >= 4 is 24.3 Å². The first-order valence-corrected chi connectivity index (χ1v) is 7.74. The largest absolute Gasteiger partial charge is 0.350 e. The maximum absolute atomic E-state index is 12.6. The number of amides is 3. The molecule has 0 bridgehead atoms. The number of urea groups is 1. The molecular formula is C14H27ClN4O2. The first kappa shape index (κ1) is 18.0. The fourth-order valence-electron chi connectivity index (χ4n) is 3.11. The zero-order valence-corrected chi connectivity index (χ0v) is 13.5. The monoisotopic (exact) mass is 318 g/mol. The molecule has 1 saturated heterocycles. The molecule has 122 valence electrons. The van der Waals surface area contributed by atoms with E-state index in [0.717, 1.165) is 51.6 Å². The lowest BCUT2D eigenvalue weighted by Gasteiger charge is -2.32. The molecule has 7 heteroatoms. The number of piperidine rings is 1. The standard InChI is InChI=1S/C14H26N4O2.ClH/c1-2-16-13(20)18-14(7-3-4-8-14)12(19)17-11-6-5-9-15-10-11;/h11,15H,2-10H2,1H3,(H,17,19)(H2,16,18,20);1H. The van der Waals surface area contributed by atoms with E-state index in [4.69, 9.17) is 0 Å². The van der Waals surface area contributed by atoms with E-state index in [-0.39, 0.29) is 30.4 Å². The van der Waals surface area contributed by atoms with Crippen LogP contribution in [0.3, 0.4) is 0 Å². The Morgan fingerprint density at radius 2 is 1.95 bits per heavy atom. The summed E-state index contributed by atoms with van der Waals surface area (Å²) in [5.41, 5.74) is -0.712. The van der Waals surface area contributed by atoms with E-state index in [1.54, 1.807) is 0 Å². The van der Waals surface area contributed by atoms with Crippen LogP contribution in [0.1, 0.15) is 45.4 Å². The van der Waals surface area contributed by atoms with Gasteiger partial charge in [0.05, 0.1) is 0 Å². The summed E-state index contributed by atoms with van der Waals surface area (Å²) in [6.45, 7) is 4.28. The number of carbonyl (C=O) groups excluding carboxylic acids is 2. The van der Waals surface area contributed by atoms with Crippen molar-refractivity contribution in [2.45, 2.75) is 57.0 Å². The summed E-state index contributed by atoms with van der Waals surface area (Å²) >= 11 is 0. The predicted molar refractivity (Wildman–Crippen MR) is 84.7 cm³/mol. The highest BCUT2D eigenvalue weighted by Crippen LogP contribution is 2.30. The summed E-state index contributed by atoms with van der Waals surface area (Å²) in [4.78, 5) is 24.4. The molecule has 1 heterocycles. The maximum Gasteiger partial charge on any atom is 0.315 e. The highest BCUT2D eigenvalue weighted by Gasteiger charge is 2.43. The van der Waals surface area contributed by atoms with Gasteiger partial charge in [0.2, 0.25) is 5.91 Å². The number of rotatable bonds is 4. The lowest BCUT2D eigenvalue weighted by Crippen LogP contribution is -2.61. The molecule has 0 spiro atoms. The summed E-state index contributed by atoms with van der Waals surface area (Å²) in [6.07, 6.45) is 5.54. The van der Waals surface area contributed by atoms with Crippen LogP contribution in [0.5, 0.6) is 0 Å². The minimum atomic E-state index is -0.712. The molecule has 1 saturated carbocycles. The molecule has 2 rings (SSSR count). The second-order valence-corrected chi connectivity index (χ2v) is 5.79. The van der Waals surface area contributed by atoms with Crippen LogP contribution in [0, 0.1) is 0 Å². The highest BCUT2D eigenvalue weighted by molar-refractivity contribution is 5.91. The molecular weight excluding hydrogens is 292 g/mol. The first-order chi connectivity index (χ1) is 9.66. The SMILES string of the molecule is CCNC(=O)NC1(C(=O)NC2CCCNC2)CCCC1.Cl. The zero-order valence-electron chi connectivity index (χ0n) is 12.7. The Morgan fingerprint density at radius 3 is 2.52 bits per heavy atom. The van der Waals surface area contributed by atoms with Crippen molar-refractivity contribution in [2.24, 2.45) is 0 Å². The molecule has 4 N–H and O–H groups in total. The van der Waals surface area contributed by atoms with Crippen LogP contribution in [-0.2, 0) is 4.79 Å². The first-order valence-electron chi connectivity index (χ1n) is 7.74. The third kappa shape index (κ3) is 4.74. The van der Waals surface area contributed by atoms with Gasteiger partial charge in [-0.25, -0.2) is 4.79 Å². The molecule has 2 fully saturated rings. The third-order valence-electron chi connectivity index (χ3n) is 4.21. The van der Waals surface area contributed by atoms with Gasteiger partial charge in [-0.15, -0.1) is 12.4 Å². The summed E-state index contributed by atoms with van der Waals surface area (Å²) in [5, 5.41) is 12.0. The Bertz CT molecular complexity index is 353. The van der Waals surface area contributed by atoms with Gasteiger partial charge in [0.25, 0.3) is 0 Å². The fraction of sp³-hybridized carbons (Fsp3) is 0.857. The molecule has 0 radical (unpaired) electrons. The normalized spacial score (nSPS) is 23.8. The number of halogens is 1. The Balaban J connectivity index is 0.00000220. The van der Waals surface area contributed by atoms with Crippen LogP contribution in [0.2, 0.25) is 0 Å². The Morgan fingerprint density at radius 1 is 1.24 bits per heavy atom. The molecule has 0 aromatic rings. The Hall–Kier alpha value is -1.01. The average Bonchev–Trinajstić information content (AvgIpc) is 2.90. The van der Waals surface area contributed by atoms with Gasteiger partial charge in [-0.2, -0.15) is 0 Å². The minimum Gasteiger partial charge on any atom is -0.350 e.